The first kappa shape index (κ1) is 17.1. The molecule has 136 valence electrons. The molecular weight excluding hydrogens is 330 g/mol. The quantitative estimate of drug-likeness (QED) is 0.830. The van der Waals surface area contributed by atoms with Gasteiger partial charge in [-0.1, -0.05) is 6.07 Å². The van der Waals surface area contributed by atoms with Crippen molar-refractivity contribution in [1.29, 1.82) is 0 Å². The highest BCUT2D eigenvalue weighted by Gasteiger charge is 2.44. The van der Waals surface area contributed by atoms with Crippen LogP contribution in [0, 0.1) is 0 Å². The lowest BCUT2D eigenvalue weighted by Crippen LogP contribution is -2.60. The Labute approximate surface area is 153 Å². The lowest BCUT2D eigenvalue weighted by atomic mass is 9.87. The predicted octanol–water partition coefficient (Wildman–Crippen LogP) is 1.55. The minimum absolute atomic E-state index is 0.0289. The van der Waals surface area contributed by atoms with Crippen LogP contribution in [0.15, 0.2) is 43.1 Å². The number of nitrogens with zero attached hydrogens (tertiary/aromatic N) is 5. The Morgan fingerprint density at radius 1 is 1.15 bits per heavy atom. The van der Waals surface area contributed by atoms with Gasteiger partial charge in [-0.2, -0.15) is 0 Å². The molecule has 0 spiro atoms. The molecule has 0 aliphatic carbocycles. The van der Waals surface area contributed by atoms with E-state index in [2.05, 4.69) is 25.9 Å². The largest absolute Gasteiger partial charge is 0.378 e. The Morgan fingerprint density at radius 3 is 2.62 bits per heavy atom. The van der Waals surface area contributed by atoms with Gasteiger partial charge in [0, 0.05) is 57.6 Å². The van der Waals surface area contributed by atoms with Crippen LogP contribution < -0.4 is 0 Å². The van der Waals surface area contributed by atoms with Crippen LogP contribution in [-0.4, -0.2) is 69.5 Å². The fraction of sp³-hybridized carbons (Fsp3) is 0.474. The number of carbonyl (C=O) groups is 1. The van der Waals surface area contributed by atoms with Gasteiger partial charge in [0.15, 0.2) is 0 Å². The van der Waals surface area contributed by atoms with Crippen LogP contribution >= 0.6 is 0 Å². The van der Waals surface area contributed by atoms with Gasteiger partial charge in [-0.05, 0) is 24.5 Å². The van der Waals surface area contributed by atoms with Crippen molar-refractivity contribution in [2.24, 2.45) is 0 Å². The smallest absolute Gasteiger partial charge is 0.274 e. The lowest BCUT2D eigenvalue weighted by Gasteiger charge is -2.52. The van der Waals surface area contributed by atoms with Gasteiger partial charge in [-0.15, -0.1) is 0 Å². The fourth-order valence-electron chi connectivity index (χ4n) is 4.01. The van der Waals surface area contributed by atoms with Gasteiger partial charge >= 0.3 is 0 Å². The monoisotopic (exact) mass is 353 g/mol. The van der Waals surface area contributed by atoms with E-state index in [1.54, 1.807) is 25.7 Å². The second kappa shape index (κ2) is 7.47. The molecule has 1 amide bonds. The van der Waals surface area contributed by atoms with Gasteiger partial charge < -0.3 is 9.64 Å². The number of amides is 1. The van der Waals surface area contributed by atoms with Crippen molar-refractivity contribution in [3.8, 4) is 0 Å². The first-order valence-corrected chi connectivity index (χ1v) is 9.01. The van der Waals surface area contributed by atoms with Gasteiger partial charge in [0.1, 0.15) is 5.69 Å². The number of methoxy groups -OCH3 is 1. The number of ether oxygens (including phenoxy) is 1. The maximum absolute atomic E-state index is 12.5. The standard InChI is InChI=1S/C19H23N5O2/c1-26-17-13-24(18(17)14-3-2-6-20-11-14)15-4-9-23(10-5-15)19(25)16-12-21-7-8-22-16/h2-3,6-8,11-12,15,17-18H,4-5,9-10,13H2,1H3/t17-,18-/m0/s1. The lowest BCUT2D eigenvalue weighted by molar-refractivity contribution is -0.115. The molecule has 2 atom stereocenters. The molecule has 0 saturated carbocycles. The molecule has 0 bridgehead atoms. The topological polar surface area (TPSA) is 71.5 Å². The maximum Gasteiger partial charge on any atom is 0.274 e. The Balaban J connectivity index is 1.39. The van der Waals surface area contributed by atoms with Crippen LogP contribution in [0.3, 0.4) is 0 Å². The average Bonchev–Trinajstić information content (AvgIpc) is 2.69. The van der Waals surface area contributed by atoms with E-state index >= 15 is 0 Å². The first-order valence-electron chi connectivity index (χ1n) is 9.01. The van der Waals surface area contributed by atoms with Crippen molar-refractivity contribution in [3.05, 3.63) is 54.4 Å². The summed E-state index contributed by atoms with van der Waals surface area (Å²) in [6.45, 7) is 2.42. The zero-order valence-corrected chi connectivity index (χ0v) is 14.9. The molecule has 4 heterocycles. The minimum Gasteiger partial charge on any atom is -0.378 e. The van der Waals surface area contributed by atoms with Crippen molar-refractivity contribution < 1.29 is 9.53 Å². The summed E-state index contributed by atoms with van der Waals surface area (Å²) in [7, 11) is 1.77. The molecule has 4 rings (SSSR count). The molecule has 0 radical (unpaired) electrons. The normalized spacial score (nSPS) is 24.3. The van der Waals surface area contributed by atoms with Crippen LogP contribution in [0.2, 0.25) is 0 Å². The predicted molar refractivity (Wildman–Crippen MR) is 95.4 cm³/mol. The van der Waals surface area contributed by atoms with Crippen LogP contribution in [0.1, 0.15) is 34.9 Å². The van der Waals surface area contributed by atoms with Gasteiger partial charge in [0.05, 0.1) is 18.3 Å². The molecule has 2 aromatic rings. The fourth-order valence-corrected chi connectivity index (χ4v) is 4.01. The maximum atomic E-state index is 12.5. The number of aromatic nitrogens is 3. The zero-order valence-electron chi connectivity index (χ0n) is 14.9. The molecule has 2 aromatic heterocycles. The van der Waals surface area contributed by atoms with E-state index in [-0.39, 0.29) is 18.1 Å². The number of carbonyl (C=O) groups excluding carboxylic acids is 1. The first-order chi connectivity index (χ1) is 12.8. The number of likely N-dealkylation sites (tertiary alicyclic amines) is 2. The molecule has 7 heteroatoms. The highest BCUT2D eigenvalue weighted by atomic mass is 16.5. The van der Waals surface area contributed by atoms with Gasteiger partial charge in [0.25, 0.3) is 5.91 Å². The van der Waals surface area contributed by atoms with Gasteiger partial charge in [-0.25, -0.2) is 4.98 Å². The van der Waals surface area contributed by atoms with E-state index in [9.17, 15) is 4.79 Å². The number of piperidine rings is 1. The molecule has 0 aromatic carbocycles. The van der Waals surface area contributed by atoms with Crippen molar-refractivity contribution in [3.63, 3.8) is 0 Å². The van der Waals surface area contributed by atoms with Crippen LogP contribution in [0.25, 0.3) is 0 Å². The Hall–Kier alpha value is -2.38. The molecule has 2 saturated heterocycles. The molecular formula is C19H23N5O2. The van der Waals surface area contributed by atoms with E-state index in [0.717, 1.165) is 32.5 Å². The van der Waals surface area contributed by atoms with E-state index in [1.807, 2.05) is 17.2 Å². The Bertz CT molecular complexity index is 734. The molecule has 2 fully saturated rings. The Kier molecular flexibility index (Phi) is 4.90. The summed E-state index contributed by atoms with van der Waals surface area (Å²) in [5.74, 6) is -0.0289. The summed E-state index contributed by atoms with van der Waals surface area (Å²) in [6.07, 6.45) is 10.5. The number of rotatable bonds is 4. The summed E-state index contributed by atoms with van der Waals surface area (Å²) in [6, 6.07) is 4.79. The van der Waals surface area contributed by atoms with Crippen LogP contribution in [-0.2, 0) is 4.74 Å². The van der Waals surface area contributed by atoms with Crippen molar-refractivity contribution in [1.82, 2.24) is 24.8 Å². The number of hydrogen-bond donors (Lipinski definition) is 0. The van der Waals surface area contributed by atoms with Gasteiger partial charge in [0.2, 0.25) is 0 Å². The van der Waals surface area contributed by atoms with Gasteiger partial charge in [-0.3, -0.25) is 19.7 Å². The third kappa shape index (κ3) is 3.20. The zero-order chi connectivity index (χ0) is 17.9. The van der Waals surface area contributed by atoms with Crippen LogP contribution in [0.4, 0.5) is 0 Å². The average molecular weight is 353 g/mol. The summed E-state index contributed by atoms with van der Waals surface area (Å²) < 4.78 is 5.64. The molecule has 2 aliphatic heterocycles. The third-order valence-electron chi connectivity index (χ3n) is 5.43. The van der Waals surface area contributed by atoms with E-state index in [0.29, 0.717) is 11.7 Å². The molecule has 0 unspecified atom stereocenters. The number of pyridine rings is 1. The van der Waals surface area contributed by atoms with Crippen molar-refractivity contribution in [2.75, 3.05) is 26.7 Å². The Morgan fingerprint density at radius 2 is 1.96 bits per heavy atom. The molecule has 0 N–H and O–H groups in total. The van der Waals surface area contributed by atoms with Crippen LogP contribution in [0.5, 0.6) is 0 Å². The van der Waals surface area contributed by atoms with E-state index in [1.165, 1.54) is 11.8 Å². The summed E-state index contributed by atoms with van der Waals surface area (Å²) in [4.78, 5) is 29.3. The molecule has 26 heavy (non-hydrogen) atoms. The summed E-state index contributed by atoms with van der Waals surface area (Å²) in [5, 5.41) is 0. The van der Waals surface area contributed by atoms with Crippen molar-refractivity contribution in [2.45, 2.75) is 31.0 Å². The second-order valence-corrected chi connectivity index (χ2v) is 6.82. The minimum atomic E-state index is -0.0289. The second-order valence-electron chi connectivity index (χ2n) is 6.82. The summed E-state index contributed by atoms with van der Waals surface area (Å²) in [5.41, 5.74) is 1.62. The van der Waals surface area contributed by atoms with E-state index < -0.39 is 0 Å². The van der Waals surface area contributed by atoms with Crippen molar-refractivity contribution >= 4 is 5.91 Å². The highest BCUT2D eigenvalue weighted by Crippen LogP contribution is 2.39. The molecule has 7 nitrogen and oxygen atoms in total. The molecule has 2 aliphatic rings. The third-order valence-corrected chi connectivity index (χ3v) is 5.43. The highest BCUT2D eigenvalue weighted by molar-refractivity contribution is 5.92. The summed E-state index contributed by atoms with van der Waals surface area (Å²) >= 11 is 0. The number of hydrogen-bond acceptors (Lipinski definition) is 6. The SMILES string of the molecule is CO[C@H]1CN(C2CCN(C(=O)c3cnccn3)CC2)[C@H]1c1cccnc1. The van der Waals surface area contributed by atoms with E-state index in [4.69, 9.17) is 4.74 Å².